The zero-order chi connectivity index (χ0) is 26.1. The Labute approximate surface area is 207 Å². The summed E-state index contributed by atoms with van der Waals surface area (Å²) < 4.78 is 29.9. The fraction of sp³-hybridized carbons (Fsp3) is 0.320. The fourth-order valence-corrected chi connectivity index (χ4v) is 3.32. The van der Waals surface area contributed by atoms with Crippen molar-refractivity contribution in [3.05, 3.63) is 70.5 Å². The van der Waals surface area contributed by atoms with Gasteiger partial charge in [0, 0.05) is 18.3 Å². The van der Waals surface area contributed by atoms with Crippen LogP contribution in [0.4, 0.5) is 20.6 Å². The van der Waals surface area contributed by atoms with Crippen molar-refractivity contribution in [2.75, 3.05) is 12.1 Å². The number of aromatic nitrogens is 3. The first-order valence-electron chi connectivity index (χ1n) is 11.5. The van der Waals surface area contributed by atoms with Crippen LogP contribution >= 0.6 is 0 Å². The van der Waals surface area contributed by atoms with Gasteiger partial charge in [0.2, 0.25) is 6.79 Å². The number of ether oxygens (including phenoxy) is 3. The van der Waals surface area contributed by atoms with Crippen molar-refractivity contribution in [2.45, 2.75) is 46.3 Å². The first-order chi connectivity index (χ1) is 17.4. The van der Waals surface area contributed by atoms with E-state index in [0.717, 1.165) is 4.68 Å². The molecule has 0 atom stereocenters. The number of nitrogens with zero attached hydrogens (tertiary/aromatic N) is 3. The largest absolute Gasteiger partial charge is 0.511 e. The molecule has 0 radical (unpaired) electrons. The Hall–Kier alpha value is -4.28. The Balaban J connectivity index is 1.99. The van der Waals surface area contributed by atoms with Crippen molar-refractivity contribution in [3.63, 3.8) is 0 Å². The van der Waals surface area contributed by atoms with E-state index in [2.05, 4.69) is 15.4 Å². The highest BCUT2D eigenvalue weighted by molar-refractivity contribution is 6.02. The van der Waals surface area contributed by atoms with Gasteiger partial charge in [-0.3, -0.25) is 9.78 Å². The van der Waals surface area contributed by atoms with Crippen molar-refractivity contribution in [1.82, 2.24) is 14.8 Å². The smallest absolute Gasteiger partial charge is 0.431 e. The van der Waals surface area contributed by atoms with E-state index in [1.165, 1.54) is 30.5 Å². The molecule has 11 heteroatoms. The van der Waals surface area contributed by atoms with Gasteiger partial charge < -0.3 is 19.5 Å². The van der Waals surface area contributed by atoms with Crippen LogP contribution < -0.4 is 10.9 Å². The summed E-state index contributed by atoms with van der Waals surface area (Å²) in [4.78, 5) is 42.3. The van der Waals surface area contributed by atoms with E-state index in [0.29, 0.717) is 24.1 Å². The third-order valence-electron chi connectivity index (χ3n) is 5.25. The highest BCUT2D eigenvalue weighted by Gasteiger charge is 2.26. The van der Waals surface area contributed by atoms with Gasteiger partial charge in [0.1, 0.15) is 28.9 Å². The number of aryl methyl sites for hydroxylation is 1. The van der Waals surface area contributed by atoms with Gasteiger partial charge in [-0.1, -0.05) is 13.8 Å². The number of carbonyl (C=O) groups is 2. The van der Waals surface area contributed by atoms with E-state index in [4.69, 9.17) is 14.2 Å². The second-order valence-electron chi connectivity index (χ2n) is 7.59. The number of hydrogen-bond acceptors (Lipinski definition) is 9. The van der Waals surface area contributed by atoms with E-state index in [1.807, 2.05) is 13.8 Å². The first kappa shape index (κ1) is 26.3. The predicted molar refractivity (Wildman–Crippen MR) is 129 cm³/mol. The molecule has 2 heterocycles. The molecule has 10 nitrogen and oxygen atoms in total. The molecule has 0 saturated heterocycles. The van der Waals surface area contributed by atoms with E-state index < -0.39 is 30.3 Å². The Morgan fingerprint density at radius 3 is 2.42 bits per heavy atom. The number of nitrogens with one attached hydrogen (secondary N) is 1. The van der Waals surface area contributed by atoms with Crippen LogP contribution in [0.15, 0.2) is 53.6 Å². The van der Waals surface area contributed by atoms with Crippen molar-refractivity contribution >= 4 is 23.5 Å². The molecular weight excluding hydrogens is 471 g/mol. The Kier molecular flexibility index (Phi) is 9.09. The third kappa shape index (κ3) is 6.44. The molecular formula is C25H27FN4O6. The number of halogens is 1. The molecule has 0 fully saturated rings. The number of carbonyl (C=O) groups excluding carboxylic acids is 2. The topological polar surface area (TPSA) is 122 Å². The van der Waals surface area contributed by atoms with Crippen LogP contribution in [0.5, 0.6) is 0 Å². The van der Waals surface area contributed by atoms with Crippen molar-refractivity contribution in [2.24, 2.45) is 0 Å². The number of anilines is 2. The average molecular weight is 499 g/mol. The van der Waals surface area contributed by atoms with Gasteiger partial charge in [0.25, 0.3) is 5.56 Å². The first-order valence-corrected chi connectivity index (χ1v) is 11.5. The highest BCUT2D eigenvalue weighted by Crippen LogP contribution is 2.28. The lowest BCUT2D eigenvalue weighted by atomic mass is 10.0. The summed E-state index contributed by atoms with van der Waals surface area (Å²) in [6, 6.07) is 8.58. The molecule has 0 bridgehead atoms. The zero-order valence-corrected chi connectivity index (χ0v) is 20.2. The van der Waals surface area contributed by atoms with Crippen LogP contribution in [0.25, 0.3) is 11.3 Å². The summed E-state index contributed by atoms with van der Waals surface area (Å²) >= 11 is 0. The minimum absolute atomic E-state index is 0.0763. The Bertz CT molecular complexity index is 1240. The van der Waals surface area contributed by atoms with E-state index >= 15 is 0 Å². The number of hydrogen-bond donors (Lipinski definition) is 1. The molecule has 3 aromatic rings. The molecule has 0 spiro atoms. The van der Waals surface area contributed by atoms with Gasteiger partial charge in [0.15, 0.2) is 0 Å². The average Bonchev–Trinajstić information content (AvgIpc) is 2.89. The van der Waals surface area contributed by atoms with Crippen LogP contribution in [-0.2, 0) is 20.8 Å². The molecule has 1 aromatic carbocycles. The van der Waals surface area contributed by atoms with Crippen LogP contribution in [0.1, 0.15) is 44.0 Å². The van der Waals surface area contributed by atoms with Gasteiger partial charge in [-0.25, -0.2) is 18.7 Å². The molecule has 0 saturated carbocycles. The van der Waals surface area contributed by atoms with Crippen LogP contribution in [0.2, 0.25) is 0 Å². The minimum Gasteiger partial charge on any atom is -0.431 e. The lowest BCUT2D eigenvalue weighted by molar-refractivity contribution is -0.0394. The van der Waals surface area contributed by atoms with E-state index in [1.54, 1.807) is 25.3 Å². The van der Waals surface area contributed by atoms with Crippen LogP contribution in [-0.4, -0.2) is 39.8 Å². The Morgan fingerprint density at radius 1 is 1.08 bits per heavy atom. The zero-order valence-electron chi connectivity index (χ0n) is 20.2. The molecule has 2 aromatic heterocycles. The molecule has 0 aliphatic carbocycles. The molecule has 0 unspecified atom stereocenters. The number of pyridine rings is 1. The molecule has 1 N–H and O–H groups in total. The highest BCUT2D eigenvalue weighted by atomic mass is 19.1. The lowest BCUT2D eigenvalue weighted by Gasteiger charge is -2.17. The van der Waals surface area contributed by atoms with Crippen molar-refractivity contribution < 1.29 is 28.2 Å². The molecule has 0 amide bonds. The monoisotopic (exact) mass is 498 g/mol. The van der Waals surface area contributed by atoms with Gasteiger partial charge in [-0.05, 0) is 56.2 Å². The summed E-state index contributed by atoms with van der Waals surface area (Å²) in [6.45, 7) is 4.90. The van der Waals surface area contributed by atoms with Crippen molar-refractivity contribution in [1.29, 1.82) is 0 Å². The Morgan fingerprint density at radius 2 is 1.81 bits per heavy atom. The normalized spacial score (nSPS) is 10.7. The maximum atomic E-state index is 13.6. The predicted octanol–water partition coefficient (Wildman–Crippen LogP) is 4.66. The quantitative estimate of drug-likeness (QED) is 0.314. The number of rotatable bonds is 10. The second-order valence-corrected chi connectivity index (χ2v) is 7.59. The lowest BCUT2D eigenvalue weighted by Crippen LogP contribution is -2.29. The summed E-state index contributed by atoms with van der Waals surface area (Å²) in [5.41, 5.74) is -0.0389. The maximum Gasteiger partial charge on any atom is 0.511 e. The molecule has 190 valence electrons. The van der Waals surface area contributed by atoms with Gasteiger partial charge in [-0.2, -0.15) is 5.10 Å². The summed E-state index contributed by atoms with van der Waals surface area (Å²) in [6.07, 6.45) is 2.94. The molecule has 0 aliphatic heterocycles. The van der Waals surface area contributed by atoms with E-state index in [-0.39, 0.29) is 29.6 Å². The van der Waals surface area contributed by atoms with Gasteiger partial charge in [-0.15, -0.1) is 0 Å². The number of benzene rings is 1. The fourth-order valence-electron chi connectivity index (χ4n) is 3.32. The minimum atomic E-state index is -0.983. The maximum absolute atomic E-state index is 13.6. The summed E-state index contributed by atoms with van der Waals surface area (Å²) in [5, 5.41) is 7.23. The van der Waals surface area contributed by atoms with Crippen LogP contribution in [0, 0.1) is 5.82 Å². The van der Waals surface area contributed by atoms with Gasteiger partial charge in [0.05, 0.1) is 11.9 Å². The third-order valence-corrected chi connectivity index (χ3v) is 5.25. The summed E-state index contributed by atoms with van der Waals surface area (Å²) in [7, 11) is 0. The SMILES string of the molecule is CCC(CC)OC(=O)OCOC(=O)c1c(-c2ccc(F)cc2)nn(CC)c(=O)c1Nc1cccnc1. The standard InChI is InChI=1S/C25H27FN4O6/c1-4-19(5-2)36-25(33)35-15-34-24(32)20-21(16-9-11-17(26)12-10-16)29-30(6-3)23(31)22(20)28-18-8-7-13-27-14-18/h7-14,19,28H,4-6,15H2,1-3H3. The van der Waals surface area contributed by atoms with Crippen LogP contribution in [0.3, 0.4) is 0 Å². The molecule has 0 aliphatic rings. The number of esters is 1. The molecule has 36 heavy (non-hydrogen) atoms. The second kappa shape index (κ2) is 12.4. The molecule has 3 rings (SSSR count). The van der Waals surface area contributed by atoms with Gasteiger partial charge >= 0.3 is 12.1 Å². The van der Waals surface area contributed by atoms with Crippen molar-refractivity contribution in [3.8, 4) is 11.3 Å². The summed E-state index contributed by atoms with van der Waals surface area (Å²) in [5.74, 6) is -1.46. The van der Waals surface area contributed by atoms with E-state index in [9.17, 15) is 18.8 Å².